The molecule has 0 bridgehead atoms. The van der Waals surface area contributed by atoms with Gasteiger partial charge in [-0.25, -0.2) is 4.98 Å². The minimum Gasteiger partial charge on any atom is -0.368 e. The fourth-order valence-corrected chi connectivity index (χ4v) is 2.05. The quantitative estimate of drug-likeness (QED) is 0.700. The number of nitrogens with two attached hydrogens (primary N) is 1. The molecule has 2 aromatic rings. The maximum atomic E-state index is 11.8. The summed E-state index contributed by atoms with van der Waals surface area (Å²) in [5.41, 5.74) is 6.79. The zero-order valence-corrected chi connectivity index (χ0v) is 8.88. The first-order chi connectivity index (χ1) is 8.16. The molecule has 6 nitrogen and oxygen atoms in total. The van der Waals surface area contributed by atoms with Crippen LogP contribution in [0.1, 0.15) is 10.6 Å². The molecule has 6 heteroatoms. The molecular formula is C11H10N4O2. The molecule has 0 spiro atoms. The van der Waals surface area contributed by atoms with Crippen LogP contribution >= 0.6 is 0 Å². The first-order valence-corrected chi connectivity index (χ1v) is 5.22. The second-order valence-electron chi connectivity index (χ2n) is 3.96. The third-order valence-corrected chi connectivity index (χ3v) is 2.87. The highest BCUT2D eigenvalue weighted by molar-refractivity contribution is 5.99. The highest BCUT2D eigenvalue weighted by atomic mass is 16.2. The van der Waals surface area contributed by atoms with Gasteiger partial charge in [0.15, 0.2) is 5.82 Å². The smallest absolute Gasteiger partial charge is 0.288 e. The van der Waals surface area contributed by atoms with Crippen molar-refractivity contribution >= 4 is 22.8 Å². The summed E-state index contributed by atoms with van der Waals surface area (Å²) in [5.74, 6) is -0.582. The molecule has 1 aliphatic heterocycles. The van der Waals surface area contributed by atoms with Crippen molar-refractivity contribution in [2.75, 3.05) is 0 Å². The van der Waals surface area contributed by atoms with Gasteiger partial charge >= 0.3 is 0 Å². The van der Waals surface area contributed by atoms with Crippen LogP contribution in [0.4, 0.5) is 0 Å². The summed E-state index contributed by atoms with van der Waals surface area (Å²) >= 11 is 0. The summed E-state index contributed by atoms with van der Waals surface area (Å²) in [7, 11) is 0. The van der Waals surface area contributed by atoms with Gasteiger partial charge in [0.25, 0.3) is 5.91 Å². The molecule has 2 amide bonds. The van der Waals surface area contributed by atoms with Crippen LogP contribution in [0.2, 0.25) is 0 Å². The van der Waals surface area contributed by atoms with Gasteiger partial charge in [-0.3, -0.25) is 9.59 Å². The van der Waals surface area contributed by atoms with Crippen LogP contribution < -0.4 is 11.1 Å². The molecule has 1 aromatic heterocycles. The monoisotopic (exact) mass is 230 g/mol. The second kappa shape index (κ2) is 3.31. The number of benzene rings is 1. The normalized spacial score (nSPS) is 18.8. The average molecular weight is 230 g/mol. The largest absolute Gasteiger partial charge is 0.368 e. The van der Waals surface area contributed by atoms with E-state index < -0.39 is 11.9 Å². The van der Waals surface area contributed by atoms with E-state index >= 15 is 0 Å². The van der Waals surface area contributed by atoms with E-state index in [4.69, 9.17) is 5.73 Å². The molecule has 1 unspecified atom stereocenters. The zero-order chi connectivity index (χ0) is 12.0. The number of amides is 2. The topological polar surface area (TPSA) is 90.0 Å². The summed E-state index contributed by atoms with van der Waals surface area (Å²) in [6, 6.07) is 6.73. The Morgan fingerprint density at radius 3 is 3.00 bits per heavy atom. The molecule has 0 fully saturated rings. The van der Waals surface area contributed by atoms with Crippen molar-refractivity contribution in [3.8, 4) is 0 Å². The third-order valence-electron chi connectivity index (χ3n) is 2.87. The Labute approximate surface area is 96.4 Å². The van der Waals surface area contributed by atoms with E-state index in [0.29, 0.717) is 12.4 Å². The van der Waals surface area contributed by atoms with Crippen LogP contribution in [0.5, 0.6) is 0 Å². The van der Waals surface area contributed by atoms with Crippen LogP contribution in [0.3, 0.4) is 0 Å². The molecule has 86 valence electrons. The van der Waals surface area contributed by atoms with Crippen molar-refractivity contribution in [3.63, 3.8) is 0 Å². The number of hydrogen-bond acceptors (Lipinski definition) is 3. The number of carbonyl (C=O) groups excluding carboxylic acids is 2. The van der Waals surface area contributed by atoms with Crippen molar-refractivity contribution in [2.24, 2.45) is 5.73 Å². The van der Waals surface area contributed by atoms with E-state index in [9.17, 15) is 9.59 Å². The average Bonchev–Trinajstić information content (AvgIpc) is 2.68. The number of aromatic nitrogens is 2. The minimum atomic E-state index is -0.674. The SMILES string of the molecule is NC(=O)C1Cn2c(nc3ccccc32)C(=O)N1. The standard InChI is InChI=1S/C11H10N4O2/c12-9(16)7-5-15-8-4-2-1-3-6(8)13-10(15)11(17)14-7/h1-4,7H,5H2,(H2,12,16)(H,14,17). The molecular weight excluding hydrogens is 220 g/mol. The van der Waals surface area contributed by atoms with E-state index in [-0.39, 0.29) is 5.91 Å². The first kappa shape index (κ1) is 9.83. The Hall–Kier alpha value is -2.37. The molecule has 2 heterocycles. The maximum Gasteiger partial charge on any atom is 0.288 e. The summed E-state index contributed by atoms with van der Waals surface area (Å²) in [5, 5.41) is 2.54. The number of imidazole rings is 1. The lowest BCUT2D eigenvalue weighted by Gasteiger charge is -2.22. The Bertz CT molecular complexity index is 631. The summed E-state index contributed by atoms with van der Waals surface area (Å²) < 4.78 is 1.73. The fourth-order valence-electron chi connectivity index (χ4n) is 2.05. The highest BCUT2D eigenvalue weighted by Gasteiger charge is 2.30. The Balaban J connectivity index is 2.20. The number of nitrogens with zero attached hydrogens (tertiary/aromatic N) is 2. The minimum absolute atomic E-state index is 0.323. The second-order valence-corrected chi connectivity index (χ2v) is 3.96. The van der Waals surface area contributed by atoms with Crippen LogP contribution in [0.15, 0.2) is 24.3 Å². The van der Waals surface area contributed by atoms with E-state index in [1.54, 1.807) is 4.57 Å². The van der Waals surface area contributed by atoms with E-state index in [1.165, 1.54) is 0 Å². The van der Waals surface area contributed by atoms with Crippen LogP contribution in [-0.4, -0.2) is 27.4 Å². The van der Waals surface area contributed by atoms with E-state index in [1.807, 2.05) is 24.3 Å². The predicted octanol–water partition coefficient (Wildman–Crippen LogP) is -0.366. The van der Waals surface area contributed by atoms with Gasteiger partial charge in [0.1, 0.15) is 6.04 Å². The van der Waals surface area contributed by atoms with Crippen LogP contribution in [0.25, 0.3) is 11.0 Å². The predicted molar refractivity (Wildman–Crippen MR) is 60.2 cm³/mol. The molecule has 17 heavy (non-hydrogen) atoms. The van der Waals surface area contributed by atoms with Gasteiger partial charge in [0.05, 0.1) is 17.6 Å². The van der Waals surface area contributed by atoms with Crippen molar-refractivity contribution in [1.29, 1.82) is 0 Å². The number of fused-ring (bicyclic) bond motifs is 3. The summed E-state index contributed by atoms with van der Waals surface area (Å²) in [4.78, 5) is 27.1. The summed E-state index contributed by atoms with van der Waals surface area (Å²) in [6.45, 7) is 0.330. The van der Waals surface area contributed by atoms with Gasteiger partial charge in [-0.05, 0) is 12.1 Å². The van der Waals surface area contributed by atoms with Gasteiger partial charge in [-0.2, -0.15) is 0 Å². The van der Waals surface area contributed by atoms with Gasteiger partial charge < -0.3 is 15.6 Å². The lowest BCUT2D eigenvalue weighted by Crippen LogP contribution is -2.51. The Morgan fingerprint density at radius 2 is 2.24 bits per heavy atom. The first-order valence-electron chi connectivity index (χ1n) is 5.22. The van der Waals surface area contributed by atoms with Crippen molar-refractivity contribution in [1.82, 2.24) is 14.9 Å². The number of rotatable bonds is 1. The molecule has 1 aromatic carbocycles. The Kier molecular flexibility index (Phi) is 1.91. The number of nitrogens with one attached hydrogen (secondary N) is 1. The highest BCUT2D eigenvalue weighted by Crippen LogP contribution is 2.19. The number of carbonyl (C=O) groups is 2. The van der Waals surface area contributed by atoms with Crippen molar-refractivity contribution in [3.05, 3.63) is 30.1 Å². The summed E-state index contributed by atoms with van der Waals surface area (Å²) in [6.07, 6.45) is 0. The molecule has 3 N–H and O–H groups in total. The maximum absolute atomic E-state index is 11.8. The van der Waals surface area contributed by atoms with E-state index in [2.05, 4.69) is 10.3 Å². The number of para-hydroxylation sites is 2. The lowest BCUT2D eigenvalue weighted by molar-refractivity contribution is -0.120. The van der Waals surface area contributed by atoms with Crippen molar-refractivity contribution < 1.29 is 9.59 Å². The van der Waals surface area contributed by atoms with Crippen LogP contribution in [0, 0.1) is 0 Å². The zero-order valence-electron chi connectivity index (χ0n) is 8.88. The van der Waals surface area contributed by atoms with Crippen LogP contribution in [-0.2, 0) is 11.3 Å². The molecule has 0 saturated heterocycles. The molecule has 1 aliphatic rings. The fraction of sp³-hybridized carbons (Fsp3) is 0.182. The molecule has 0 saturated carbocycles. The van der Waals surface area contributed by atoms with E-state index in [0.717, 1.165) is 11.0 Å². The molecule has 1 atom stereocenters. The molecule has 3 rings (SSSR count). The van der Waals surface area contributed by atoms with Gasteiger partial charge in [-0.15, -0.1) is 0 Å². The van der Waals surface area contributed by atoms with Crippen molar-refractivity contribution in [2.45, 2.75) is 12.6 Å². The number of primary amides is 1. The molecule has 0 aliphatic carbocycles. The number of hydrogen-bond donors (Lipinski definition) is 2. The molecule has 0 radical (unpaired) electrons. The third kappa shape index (κ3) is 1.37. The van der Waals surface area contributed by atoms with Gasteiger partial charge in [0.2, 0.25) is 5.91 Å². The van der Waals surface area contributed by atoms with Gasteiger partial charge in [0, 0.05) is 0 Å². The lowest BCUT2D eigenvalue weighted by atomic mass is 10.2. The van der Waals surface area contributed by atoms with Gasteiger partial charge in [-0.1, -0.05) is 12.1 Å². The Morgan fingerprint density at radius 1 is 1.47 bits per heavy atom.